The van der Waals surface area contributed by atoms with Gasteiger partial charge in [0.15, 0.2) is 13.2 Å². The third-order valence-corrected chi connectivity index (χ3v) is 3.27. The van der Waals surface area contributed by atoms with Crippen LogP contribution >= 0.6 is 0 Å². The van der Waals surface area contributed by atoms with Crippen LogP contribution in [0, 0.1) is 0 Å². The zero-order valence-corrected chi connectivity index (χ0v) is 13.5. The average Bonchev–Trinajstić information content (AvgIpc) is 3.14. The average molecular weight is 340 g/mol. The molecule has 0 spiro atoms. The van der Waals surface area contributed by atoms with E-state index in [4.69, 9.17) is 18.7 Å². The van der Waals surface area contributed by atoms with Gasteiger partial charge < -0.3 is 18.7 Å². The highest BCUT2D eigenvalue weighted by molar-refractivity contribution is 5.71. The quantitative estimate of drug-likeness (QED) is 0.611. The van der Waals surface area contributed by atoms with E-state index in [0.29, 0.717) is 22.9 Å². The molecule has 1 heterocycles. The first kappa shape index (κ1) is 16.5. The van der Waals surface area contributed by atoms with Crippen molar-refractivity contribution in [1.29, 1.82) is 0 Å². The zero-order valence-electron chi connectivity index (χ0n) is 13.5. The van der Waals surface area contributed by atoms with Crippen molar-refractivity contribution in [3.63, 3.8) is 0 Å². The minimum atomic E-state index is -0.527. The molecule has 7 heteroatoms. The molecule has 3 rings (SSSR count). The Hall–Kier alpha value is -3.35. The lowest BCUT2D eigenvalue weighted by atomic mass is 10.2. The van der Waals surface area contributed by atoms with E-state index in [1.807, 2.05) is 36.4 Å². The second-order valence-electron chi connectivity index (χ2n) is 4.97. The number of ether oxygens (including phenoxy) is 3. The van der Waals surface area contributed by atoms with Crippen LogP contribution in [0.2, 0.25) is 0 Å². The largest absolute Gasteiger partial charge is 0.496 e. The van der Waals surface area contributed by atoms with Crippen molar-refractivity contribution in [2.24, 2.45) is 0 Å². The molecule has 25 heavy (non-hydrogen) atoms. The van der Waals surface area contributed by atoms with E-state index >= 15 is 0 Å². The molecular weight excluding hydrogens is 324 g/mol. The topological polar surface area (TPSA) is 83.7 Å². The van der Waals surface area contributed by atoms with Gasteiger partial charge in [-0.3, -0.25) is 0 Å². The lowest BCUT2D eigenvalue weighted by molar-refractivity contribution is -0.148. The van der Waals surface area contributed by atoms with E-state index in [9.17, 15) is 4.79 Å². The first-order chi connectivity index (χ1) is 12.3. The van der Waals surface area contributed by atoms with Crippen LogP contribution in [-0.2, 0) is 16.1 Å². The van der Waals surface area contributed by atoms with Crippen LogP contribution in [0.5, 0.6) is 11.5 Å². The van der Waals surface area contributed by atoms with E-state index < -0.39 is 5.97 Å². The maximum Gasteiger partial charge on any atom is 0.344 e. The van der Waals surface area contributed by atoms with Gasteiger partial charge >= 0.3 is 5.97 Å². The predicted molar refractivity (Wildman–Crippen MR) is 88.0 cm³/mol. The Morgan fingerprint density at radius 3 is 2.64 bits per heavy atom. The van der Waals surface area contributed by atoms with Crippen molar-refractivity contribution in [3.05, 3.63) is 60.5 Å². The number of esters is 1. The molecule has 0 saturated heterocycles. The molecule has 0 amide bonds. The molecule has 0 radical (unpaired) electrons. The van der Waals surface area contributed by atoms with Gasteiger partial charge in [-0.15, -0.1) is 0 Å². The Balaban J connectivity index is 1.54. The van der Waals surface area contributed by atoms with Crippen molar-refractivity contribution >= 4 is 5.97 Å². The molecule has 0 atom stereocenters. The summed E-state index contributed by atoms with van der Waals surface area (Å²) in [6.45, 7) is -0.323. The third kappa shape index (κ3) is 4.35. The first-order valence-electron chi connectivity index (χ1n) is 7.55. The Morgan fingerprint density at radius 2 is 1.84 bits per heavy atom. The lowest BCUT2D eigenvalue weighted by Gasteiger charge is -2.05. The maximum atomic E-state index is 11.7. The maximum absolute atomic E-state index is 11.7. The molecule has 0 unspecified atom stereocenters. The SMILES string of the molecule is COc1ccccc1-c1noc(COC(=O)COc2ccccc2)n1. The van der Waals surface area contributed by atoms with Crippen LogP contribution in [0.3, 0.4) is 0 Å². The Morgan fingerprint density at radius 1 is 1.08 bits per heavy atom. The summed E-state index contributed by atoms with van der Waals surface area (Å²) in [5.41, 5.74) is 0.693. The molecule has 128 valence electrons. The van der Waals surface area contributed by atoms with Gasteiger partial charge in [-0.1, -0.05) is 35.5 Å². The molecule has 0 saturated carbocycles. The number of hydrogen-bond acceptors (Lipinski definition) is 7. The molecule has 0 aliphatic heterocycles. The van der Waals surface area contributed by atoms with E-state index in [1.54, 1.807) is 25.3 Å². The van der Waals surface area contributed by atoms with Crippen LogP contribution in [0.4, 0.5) is 0 Å². The van der Waals surface area contributed by atoms with Crippen molar-refractivity contribution < 1.29 is 23.5 Å². The summed E-state index contributed by atoms with van der Waals surface area (Å²) in [5, 5.41) is 3.88. The van der Waals surface area contributed by atoms with Gasteiger partial charge in [0.25, 0.3) is 5.89 Å². The van der Waals surface area contributed by atoms with Gasteiger partial charge in [-0.25, -0.2) is 4.79 Å². The monoisotopic (exact) mass is 340 g/mol. The molecule has 7 nitrogen and oxygen atoms in total. The fourth-order valence-corrected chi connectivity index (χ4v) is 2.10. The molecule has 0 N–H and O–H groups in total. The molecular formula is C18H16N2O5. The summed E-state index contributed by atoms with van der Waals surface area (Å²) < 4.78 is 20.7. The lowest BCUT2D eigenvalue weighted by Crippen LogP contribution is -2.14. The van der Waals surface area contributed by atoms with Gasteiger partial charge in [0.05, 0.1) is 12.7 Å². The third-order valence-electron chi connectivity index (χ3n) is 3.27. The van der Waals surface area contributed by atoms with Crippen molar-refractivity contribution in [2.45, 2.75) is 6.61 Å². The number of nitrogens with zero attached hydrogens (tertiary/aromatic N) is 2. The number of rotatable bonds is 7. The minimum Gasteiger partial charge on any atom is -0.496 e. The number of benzene rings is 2. The highest BCUT2D eigenvalue weighted by atomic mass is 16.6. The number of carbonyl (C=O) groups is 1. The van der Waals surface area contributed by atoms with E-state index in [2.05, 4.69) is 10.1 Å². The number of aromatic nitrogens is 2. The van der Waals surface area contributed by atoms with Crippen LogP contribution in [-0.4, -0.2) is 29.8 Å². The Kier molecular flexibility index (Phi) is 5.26. The van der Waals surface area contributed by atoms with Crippen molar-refractivity contribution in [1.82, 2.24) is 10.1 Å². The Labute approximate surface area is 144 Å². The first-order valence-corrected chi connectivity index (χ1v) is 7.55. The smallest absolute Gasteiger partial charge is 0.344 e. The number of hydrogen-bond donors (Lipinski definition) is 0. The second kappa shape index (κ2) is 7.96. The molecule has 3 aromatic rings. The summed E-state index contributed by atoms with van der Waals surface area (Å²) in [6, 6.07) is 16.3. The highest BCUT2D eigenvalue weighted by Crippen LogP contribution is 2.27. The van der Waals surface area contributed by atoms with Crippen molar-refractivity contribution in [2.75, 3.05) is 13.7 Å². The molecule has 0 aliphatic rings. The molecule has 0 aliphatic carbocycles. The van der Waals surface area contributed by atoms with Gasteiger partial charge in [-0.05, 0) is 24.3 Å². The minimum absolute atomic E-state index is 0.126. The molecule has 1 aromatic heterocycles. The standard InChI is InChI=1S/C18H16N2O5/c1-22-15-10-6-5-9-14(15)18-19-16(25-20-18)11-24-17(21)12-23-13-7-3-2-4-8-13/h2-10H,11-12H2,1H3. The van der Waals surface area contributed by atoms with E-state index in [-0.39, 0.29) is 19.1 Å². The second-order valence-corrected chi connectivity index (χ2v) is 4.97. The summed E-state index contributed by atoms with van der Waals surface area (Å²) in [6.07, 6.45) is 0. The number of carbonyl (C=O) groups excluding carboxylic acids is 1. The molecule has 0 fully saturated rings. The molecule has 2 aromatic carbocycles. The highest BCUT2D eigenvalue weighted by Gasteiger charge is 2.14. The van der Waals surface area contributed by atoms with Crippen LogP contribution < -0.4 is 9.47 Å². The summed E-state index contributed by atoms with van der Waals surface area (Å²) in [5.74, 6) is 1.25. The predicted octanol–water partition coefficient (Wildman–Crippen LogP) is 2.87. The normalized spacial score (nSPS) is 10.3. The van der Waals surface area contributed by atoms with E-state index in [0.717, 1.165) is 0 Å². The summed E-state index contributed by atoms with van der Waals surface area (Å²) in [4.78, 5) is 15.9. The van der Waals surface area contributed by atoms with Gasteiger partial charge in [0.2, 0.25) is 5.82 Å². The van der Waals surface area contributed by atoms with Crippen molar-refractivity contribution in [3.8, 4) is 22.9 Å². The van der Waals surface area contributed by atoms with Crippen LogP contribution in [0.15, 0.2) is 59.1 Å². The van der Waals surface area contributed by atoms with Gasteiger partial charge in [0, 0.05) is 0 Å². The zero-order chi connectivity index (χ0) is 17.5. The van der Waals surface area contributed by atoms with Gasteiger partial charge in [0.1, 0.15) is 11.5 Å². The Bertz CT molecular complexity index is 832. The fraction of sp³-hybridized carbons (Fsp3) is 0.167. The number of para-hydroxylation sites is 2. The van der Waals surface area contributed by atoms with Crippen LogP contribution in [0.25, 0.3) is 11.4 Å². The van der Waals surface area contributed by atoms with E-state index in [1.165, 1.54) is 0 Å². The van der Waals surface area contributed by atoms with Gasteiger partial charge in [-0.2, -0.15) is 4.98 Å². The summed E-state index contributed by atoms with van der Waals surface area (Å²) in [7, 11) is 1.56. The summed E-state index contributed by atoms with van der Waals surface area (Å²) >= 11 is 0. The number of methoxy groups -OCH3 is 1. The molecule has 0 bridgehead atoms. The fourth-order valence-electron chi connectivity index (χ4n) is 2.10. The van der Waals surface area contributed by atoms with Crippen LogP contribution in [0.1, 0.15) is 5.89 Å².